The van der Waals surface area contributed by atoms with Gasteiger partial charge in [-0.1, -0.05) is 11.2 Å². The summed E-state index contributed by atoms with van der Waals surface area (Å²) in [5.74, 6) is -0.0112. The number of nitrogens with zero attached hydrogens (tertiary/aromatic N) is 1. The quantitative estimate of drug-likeness (QED) is 0.334. The lowest BCUT2D eigenvalue weighted by Crippen LogP contribution is -2.19. The van der Waals surface area contributed by atoms with Crippen molar-refractivity contribution >= 4 is 44.7 Å². The average Bonchev–Trinajstić information content (AvgIpc) is 2.92. The first-order chi connectivity index (χ1) is 10.1. The zero-order valence-electron chi connectivity index (χ0n) is 11.0. The van der Waals surface area contributed by atoms with E-state index in [-0.39, 0.29) is 11.7 Å². The molecule has 2 aromatic rings. The SMILES string of the molecule is COc1cccc(/C(N)=N/O)c1NC(=O)c1sccc1Br. The third-order valence-corrected chi connectivity index (χ3v) is 4.53. The molecule has 0 saturated heterocycles. The van der Waals surface area contributed by atoms with Gasteiger partial charge in [0.25, 0.3) is 5.91 Å². The summed E-state index contributed by atoms with van der Waals surface area (Å²) in [4.78, 5) is 12.8. The predicted octanol–water partition coefficient (Wildman–Crippen LogP) is 2.87. The van der Waals surface area contributed by atoms with E-state index in [1.165, 1.54) is 18.4 Å². The smallest absolute Gasteiger partial charge is 0.267 e. The van der Waals surface area contributed by atoms with Crippen molar-refractivity contribution in [3.05, 3.63) is 44.6 Å². The van der Waals surface area contributed by atoms with Crippen molar-refractivity contribution in [3.63, 3.8) is 0 Å². The van der Waals surface area contributed by atoms with Crippen LogP contribution < -0.4 is 15.8 Å². The second-order valence-corrected chi connectivity index (χ2v) is 5.69. The Kier molecular flexibility index (Phi) is 4.81. The summed E-state index contributed by atoms with van der Waals surface area (Å²) < 4.78 is 5.91. The van der Waals surface area contributed by atoms with Crippen LogP contribution in [0.15, 0.2) is 39.3 Å². The maximum Gasteiger partial charge on any atom is 0.267 e. The van der Waals surface area contributed by atoms with E-state index in [1.54, 1.807) is 29.6 Å². The Morgan fingerprint density at radius 1 is 1.48 bits per heavy atom. The fourth-order valence-electron chi connectivity index (χ4n) is 1.72. The standard InChI is InChI=1S/C13H12BrN3O3S/c1-20-9-4-2-3-7(12(15)17-19)10(9)16-13(18)11-8(14)5-6-21-11/h2-6,19H,1H3,(H2,15,17)(H,16,18). The van der Waals surface area contributed by atoms with Gasteiger partial charge in [0.1, 0.15) is 10.6 Å². The zero-order valence-corrected chi connectivity index (χ0v) is 13.4. The van der Waals surface area contributed by atoms with E-state index in [2.05, 4.69) is 26.4 Å². The summed E-state index contributed by atoms with van der Waals surface area (Å²) in [6, 6.07) is 6.76. The van der Waals surface area contributed by atoms with E-state index in [0.29, 0.717) is 26.4 Å². The Balaban J connectivity index is 2.43. The second kappa shape index (κ2) is 6.59. The van der Waals surface area contributed by atoms with Crippen molar-refractivity contribution in [3.8, 4) is 5.75 Å². The number of thiophene rings is 1. The molecule has 0 radical (unpaired) electrons. The molecule has 0 spiro atoms. The van der Waals surface area contributed by atoms with Crippen LogP contribution in [0.2, 0.25) is 0 Å². The number of carbonyl (C=O) groups is 1. The summed E-state index contributed by atoms with van der Waals surface area (Å²) in [5.41, 5.74) is 6.35. The highest BCUT2D eigenvalue weighted by Crippen LogP contribution is 2.30. The van der Waals surface area contributed by atoms with Crippen LogP contribution in [0.3, 0.4) is 0 Å². The Morgan fingerprint density at radius 2 is 2.24 bits per heavy atom. The van der Waals surface area contributed by atoms with Crippen LogP contribution in [0.5, 0.6) is 5.75 Å². The number of halogens is 1. The number of oxime groups is 1. The molecule has 1 heterocycles. The molecule has 8 heteroatoms. The first-order valence-corrected chi connectivity index (χ1v) is 7.45. The molecule has 0 fully saturated rings. The molecule has 2 rings (SSSR count). The fourth-order valence-corrected chi connectivity index (χ4v) is 3.17. The van der Waals surface area contributed by atoms with Crippen molar-refractivity contribution in [1.29, 1.82) is 0 Å². The van der Waals surface area contributed by atoms with Gasteiger partial charge in [-0.3, -0.25) is 4.79 Å². The van der Waals surface area contributed by atoms with Crippen LogP contribution in [0.25, 0.3) is 0 Å². The number of hydrogen-bond acceptors (Lipinski definition) is 5. The molecule has 6 nitrogen and oxygen atoms in total. The number of carbonyl (C=O) groups excluding carboxylic acids is 1. The lowest BCUT2D eigenvalue weighted by molar-refractivity contribution is 0.102. The van der Waals surface area contributed by atoms with Gasteiger partial charge in [-0.2, -0.15) is 0 Å². The molecule has 0 aliphatic rings. The summed E-state index contributed by atoms with van der Waals surface area (Å²) in [7, 11) is 1.47. The third kappa shape index (κ3) is 3.17. The maximum atomic E-state index is 12.3. The van der Waals surface area contributed by atoms with E-state index in [0.717, 1.165) is 0 Å². The van der Waals surface area contributed by atoms with E-state index >= 15 is 0 Å². The zero-order chi connectivity index (χ0) is 15.4. The second-order valence-electron chi connectivity index (χ2n) is 3.92. The molecule has 110 valence electrons. The van der Waals surface area contributed by atoms with Gasteiger partial charge in [-0.15, -0.1) is 11.3 Å². The van der Waals surface area contributed by atoms with Gasteiger partial charge in [0.15, 0.2) is 5.84 Å². The highest BCUT2D eigenvalue weighted by Gasteiger charge is 2.18. The lowest BCUT2D eigenvalue weighted by atomic mass is 10.1. The predicted molar refractivity (Wildman–Crippen MR) is 85.5 cm³/mol. The van der Waals surface area contributed by atoms with Crippen LogP contribution >= 0.6 is 27.3 Å². The first-order valence-electron chi connectivity index (χ1n) is 5.77. The van der Waals surface area contributed by atoms with E-state index in [9.17, 15) is 4.79 Å². The molecular weight excluding hydrogens is 358 g/mol. The minimum atomic E-state index is -0.312. The largest absolute Gasteiger partial charge is 0.495 e. The van der Waals surface area contributed by atoms with Crippen molar-refractivity contribution in [1.82, 2.24) is 0 Å². The molecule has 21 heavy (non-hydrogen) atoms. The molecule has 0 aliphatic heterocycles. The molecule has 1 aromatic carbocycles. The molecule has 1 amide bonds. The number of methoxy groups -OCH3 is 1. The summed E-state index contributed by atoms with van der Waals surface area (Å²) in [6.45, 7) is 0. The van der Waals surface area contributed by atoms with Crippen molar-refractivity contribution in [2.45, 2.75) is 0 Å². The van der Waals surface area contributed by atoms with Crippen molar-refractivity contribution in [2.24, 2.45) is 10.9 Å². The van der Waals surface area contributed by atoms with Crippen molar-refractivity contribution in [2.75, 3.05) is 12.4 Å². The van der Waals surface area contributed by atoms with Gasteiger partial charge >= 0.3 is 0 Å². The molecule has 0 saturated carbocycles. The van der Waals surface area contributed by atoms with Crippen LogP contribution in [0, 0.1) is 0 Å². The molecule has 0 unspecified atom stereocenters. The van der Waals surface area contributed by atoms with Crippen molar-refractivity contribution < 1.29 is 14.7 Å². The third-order valence-electron chi connectivity index (χ3n) is 2.69. The van der Waals surface area contributed by atoms with Crippen LogP contribution in [0.1, 0.15) is 15.2 Å². The molecule has 0 atom stereocenters. The Morgan fingerprint density at radius 3 is 2.81 bits per heavy atom. The number of amidine groups is 1. The van der Waals surface area contributed by atoms with Crippen LogP contribution in [-0.2, 0) is 0 Å². The number of hydrogen-bond donors (Lipinski definition) is 3. The topological polar surface area (TPSA) is 96.9 Å². The number of nitrogens with two attached hydrogens (primary N) is 1. The fraction of sp³-hybridized carbons (Fsp3) is 0.0769. The monoisotopic (exact) mass is 369 g/mol. The maximum absolute atomic E-state index is 12.3. The summed E-state index contributed by atoms with van der Waals surface area (Å²) in [5, 5.41) is 16.3. The lowest BCUT2D eigenvalue weighted by Gasteiger charge is -2.13. The van der Waals surface area contributed by atoms with E-state index in [1.807, 2.05) is 0 Å². The molecule has 1 aromatic heterocycles. The summed E-state index contributed by atoms with van der Waals surface area (Å²) in [6.07, 6.45) is 0. The minimum absolute atomic E-state index is 0.116. The Labute approximate surface area is 133 Å². The van der Waals surface area contributed by atoms with Gasteiger partial charge in [-0.25, -0.2) is 0 Å². The first kappa shape index (κ1) is 15.3. The molecule has 0 bridgehead atoms. The number of amides is 1. The van der Waals surface area contributed by atoms with E-state index < -0.39 is 0 Å². The average molecular weight is 370 g/mol. The summed E-state index contributed by atoms with van der Waals surface area (Å²) >= 11 is 4.61. The van der Waals surface area contributed by atoms with Gasteiger partial charge in [0, 0.05) is 10.0 Å². The number of ether oxygens (including phenoxy) is 1. The molecular formula is C13H12BrN3O3S. The Hall–Kier alpha value is -2.06. The number of anilines is 1. The molecule has 0 aliphatic carbocycles. The molecule has 4 N–H and O–H groups in total. The van der Waals surface area contributed by atoms with Gasteiger partial charge in [0.05, 0.1) is 12.8 Å². The van der Waals surface area contributed by atoms with Crippen LogP contribution in [-0.4, -0.2) is 24.1 Å². The van der Waals surface area contributed by atoms with E-state index in [4.69, 9.17) is 15.7 Å². The Bertz CT molecular complexity index is 700. The highest BCUT2D eigenvalue weighted by molar-refractivity contribution is 9.10. The number of nitrogens with one attached hydrogen (secondary N) is 1. The highest BCUT2D eigenvalue weighted by atomic mass is 79.9. The minimum Gasteiger partial charge on any atom is -0.495 e. The van der Waals surface area contributed by atoms with Crippen LogP contribution in [0.4, 0.5) is 5.69 Å². The number of benzene rings is 1. The van der Waals surface area contributed by atoms with Gasteiger partial charge < -0.3 is 21.0 Å². The van der Waals surface area contributed by atoms with Gasteiger partial charge in [0.2, 0.25) is 0 Å². The normalized spacial score (nSPS) is 11.2. The van der Waals surface area contributed by atoms with Gasteiger partial charge in [-0.05, 0) is 39.5 Å². The number of para-hydroxylation sites is 1. The number of rotatable bonds is 4.